The Labute approximate surface area is 77.9 Å². The van der Waals surface area contributed by atoms with Crippen LogP contribution in [-0.2, 0) is 4.74 Å². The predicted octanol–water partition coefficient (Wildman–Crippen LogP) is 0.483. The zero-order chi connectivity index (χ0) is 8.55. The number of rotatable bonds is 0. The summed E-state index contributed by atoms with van der Waals surface area (Å²) in [4.78, 5) is 2.17. The monoisotopic (exact) mass is 186 g/mol. The van der Waals surface area contributed by atoms with E-state index in [0.29, 0.717) is 17.2 Å². The van der Waals surface area contributed by atoms with Crippen molar-refractivity contribution in [3.05, 3.63) is 0 Å². The van der Waals surface area contributed by atoms with E-state index in [-0.39, 0.29) is 0 Å². The van der Waals surface area contributed by atoms with E-state index in [1.165, 1.54) is 19.3 Å². The fraction of sp³-hybridized carbons (Fsp3) is 0.875. The Morgan fingerprint density at radius 2 is 1.92 bits per heavy atom. The molecule has 0 radical (unpaired) electrons. The molecule has 12 heavy (non-hydrogen) atoms. The molecular weight excluding hydrogens is 172 g/mol. The lowest BCUT2D eigenvalue weighted by Gasteiger charge is -2.46. The highest BCUT2D eigenvalue weighted by molar-refractivity contribution is 7.80. The third kappa shape index (κ3) is 1.29. The number of fused-ring (bicyclic) bond motifs is 2. The van der Waals surface area contributed by atoms with Crippen LogP contribution in [0.15, 0.2) is 0 Å². The molecule has 2 atom stereocenters. The van der Waals surface area contributed by atoms with E-state index in [9.17, 15) is 0 Å². The summed E-state index contributed by atoms with van der Waals surface area (Å²) < 4.78 is 5.46. The zero-order valence-corrected chi connectivity index (χ0v) is 7.85. The van der Waals surface area contributed by atoms with Crippen molar-refractivity contribution in [2.24, 2.45) is 5.73 Å². The molecule has 0 aliphatic carbocycles. The van der Waals surface area contributed by atoms with Gasteiger partial charge in [0.15, 0.2) is 5.11 Å². The van der Waals surface area contributed by atoms with Gasteiger partial charge >= 0.3 is 0 Å². The standard InChI is InChI=1S/C8H14N2OS/c9-8(12)10-6-2-1-3-7(10)5-11-4-6/h6-7H,1-5H2,(H2,9,12). The molecule has 2 saturated heterocycles. The van der Waals surface area contributed by atoms with Gasteiger partial charge in [-0.2, -0.15) is 0 Å². The molecule has 2 aliphatic rings. The fourth-order valence-electron chi connectivity index (χ4n) is 2.19. The molecule has 2 heterocycles. The maximum atomic E-state index is 5.66. The van der Waals surface area contributed by atoms with E-state index in [4.69, 9.17) is 22.7 Å². The Balaban J connectivity index is 2.13. The smallest absolute Gasteiger partial charge is 0.166 e. The summed E-state index contributed by atoms with van der Waals surface area (Å²) in [5.41, 5.74) is 5.66. The van der Waals surface area contributed by atoms with Crippen LogP contribution < -0.4 is 5.73 Å². The van der Waals surface area contributed by atoms with Crippen LogP contribution in [-0.4, -0.2) is 35.3 Å². The van der Waals surface area contributed by atoms with Crippen LogP contribution in [0.1, 0.15) is 19.3 Å². The molecular formula is C8H14N2OS. The summed E-state index contributed by atoms with van der Waals surface area (Å²) in [6, 6.07) is 0.907. The molecule has 2 rings (SSSR count). The van der Waals surface area contributed by atoms with Crippen LogP contribution in [0, 0.1) is 0 Å². The van der Waals surface area contributed by atoms with Gasteiger partial charge < -0.3 is 15.4 Å². The first-order valence-electron chi connectivity index (χ1n) is 4.44. The molecule has 4 heteroatoms. The number of nitrogens with two attached hydrogens (primary N) is 1. The lowest BCUT2D eigenvalue weighted by atomic mass is 9.95. The summed E-state index contributed by atoms with van der Waals surface area (Å²) in [5.74, 6) is 0. The van der Waals surface area contributed by atoms with Crippen molar-refractivity contribution in [2.45, 2.75) is 31.3 Å². The van der Waals surface area contributed by atoms with Crippen LogP contribution in [0.2, 0.25) is 0 Å². The van der Waals surface area contributed by atoms with E-state index in [0.717, 1.165) is 13.2 Å². The van der Waals surface area contributed by atoms with Gasteiger partial charge in [-0.3, -0.25) is 0 Å². The predicted molar refractivity (Wildman–Crippen MR) is 50.9 cm³/mol. The van der Waals surface area contributed by atoms with Crippen molar-refractivity contribution >= 4 is 17.3 Å². The van der Waals surface area contributed by atoms with Gasteiger partial charge in [0.1, 0.15) is 0 Å². The minimum atomic E-state index is 0.454. The van der Waals surface area contributed by atoms with Gasteiger partial charge in [0.05, 0.1) is 25.3 Å². The Morgan fingerprint density at radius 1 is 1.33 bits per heavy atom. The number of piperidine rings is 1. The quantitative estimate of drug-likeness (QED) is 0.559. The lowest BCUT2D eigenvalue weighted by molar-refractivity contribution is -0.0365. The average Bonchev–Trinajstić information content (AvgIpc) is 2.02. The van der Waals surface area contributed by atoms with E-state index < -0.39 is 0 Å². The SMILES string of the molecule is NC(=S)N1C2CCCC1COC2. The highest BCUT2D eigenvalue weighted by atomic mass is 32.1. The Bertz CT molecular complexity index is 175. The topological polar surface area (TPSA) is 38.5 Å². The first-order valence-corrected chi connectivity index (χ1v) is 4.85. The third-order valence-corrected chi connectivity index (χ3v) is 2.95. The molecule has 0 aromatic heterocycles. The van der Waals surface area contributed by atoms with Gasteiger partial charge in [-0.05, 0) is 31.5 Å². The molecule has 0 aromatic rings. The Hall–Kier alpha value is -0.350. The lowest BCUT2D eigenvalue weighted by Crippen LogP contribution is -2.58. The van der Waals surface area contributed by atoms with Crippen LogP contribution in [0.3, 0.4) is 0 Å². The summed E-state index contributed by atoms with van der Waals surface area (Å²) in [5, 5.41) is 0.549. The molecule has 0 saturated carbocycles. The number of morpholine rings is 1. The highest BCUT2D eigenvalue weighted by Gasteiger charge is 2.34. The maximum Gasteiger partial charge on any atom is 0.166 e. The number of nitrogens with zero attached hydrogens (tertiary/aromatic N) is 1. The first kappa shape index (κ1) is 8.26. The molecule has 3 nitrogen and oxygen atoms in total. The molecule has 2 aliphatic heterocycles. The summed E-state index contributed by atoms with van der Waals surface area (Å²) >= 11 is 5.02. The number of hydrogen-bond acceptors (Lipinski definition) is 2. The number of ether oxygens (including phenoxy) is 1. The first-order chi connectivity index (χ1) is 5.79. The largest absolute Gasteiger partial charge is 0.377 e. The summed E-state index contributed by atoms with van der Waals surface area (Å²) in [7, 11) is 0. The maximum absolute atomic E-state index is 5.66. The fourth-order valence-corrected chi connectivity index (χ4v) is 2.49. The minimum absolute atomic E-state index is 0.454. The Morgan fingerprint density at radius 3 is 2.33 bits per heavy atom. The van der Waals surface area contributed by atoms with E-state index >= 15 is 0 Å². The third-order valence-electron chi connectivity index (χ3n) is 2.74. The van der Waals surface area contributed by atoms with Crippen molar-refractivity contribution in [2.75, 3.05) is 13.2 Å². The van der Waals surface area contributed by atoms with E-state index in [2.05, 4.69) is 4.90 Å². The van der Waals surface area contributed by atoms with Crippen LogP contribution in [0.5, 0.6) is 0 Å². The second-order valence-corrected chi connectivity index (χ2v) is 3.94. The molecule has 0 amide bonds. The number of thiocarbonyl (C=S) groups is 1. The molecule has 2 N–H and O–H groups in total. The Kier molecular flexibility index (Phi) is 2.19. The van der Waals surface area contributed by atoms with E-state index in [1.807, 2.05) is 0 Å². The number of hydrogen-bond donors (Lipinski definition) is 1. The van der Waals surface area contributed by atoms with Gasteiger partial charge in [0.25, 0.3) is 0 Å². The van der Waals surface area contributed by atoms with Crippen molar-refractivity contribution in [1.29, 1.82) is 0 Å². The summed E-state index contributed by atoms with van der Waals surface area (Å²) in [6.07, 6.45) is 3.64. The van der Waals surface area contributed by atoms with Crippen LogP contribution >= 0.6 is 12.2 Å². The van der Waals surface area contributed by atoms with Crippen molar-refractivity contribution in [3.63, 3.8) is 0 Å². The van der Waals surface area contributed by atoms with Gasteiger partial charge in [0, 0.05) is 0 Å². The van der Waals surface area contributed by atoms with Gasteiger partial charge in [-0.25, -0.2) is 0 Å². The molecule has 0 spiro atoms. The summed E-state index contributed by atoms with van der Waals surface area (Å²) in [6.45, 7) is 1.60. The zero-order valence-electron chi connectivity index (χ0n) is 7.03. The highest BCUT2D eigenvalue weighted by Crippen LogP contribution is 2.26. The second kappa shape index (κ2) is 3.18. The van der Waals surface area contributed by atoms with Crippen molar-refractivity contribution in [3.8, 4) is 0 Å². The van der Waals surface area contributed by atoms with Gasteiger partial charge in [0.2, 0.25) is 0 Å². The van der Waals surface area contributed by atoms with Gasteiger partial charge in [-0.1, -0.05) is 0 Å². The minimum Gasteiger partial charge on any atom is -0.377 e. The normalized spacial score (nSPS) is 34.8. The van der Waals surface area contributed by atoms with Crippen LogP contribution in [0.25, 0.3) is 0 Å². The molecule has 2 unspecified atom stereocenters. The second-order valence-electron chi connectivity index (χ2n) is 3.52. The van der Waals surface area contributed by atoms with Crippen molar-refractivity contribution < 1.29 is 4.74 Å². The molecule has 2 bridgehead atoms. The molecule has 68 valence electrons. The molecule has 0 aromatic carbocycles. The van der Waals surface area contributed by atoms with Gasteiger partial charge in [-0.15, -0.1) is 0 Å². The molecule has 2 fully saturated rings. The van der Waals surface area contributed by atoms with Crippen LogP contribution in [0.4, 0.5) is 0 Å². The van der Waals surface area contributed by atoms with Crippen molar-refractivity contribution in [1.82, 2.24) is 4.90 Å². The average molecular weight is 186 g/mol. The van der Waals surface area contributed by atoms with E-state index in [1.54, 1.807) is 0 Å².